The molecule has 21 heavy (non-hydrogen) atoms. The van der Waals surface area contributed by atoms with Gasteiger partial charge in [-0.2, -0.15) is 0 Å². The van der Waals surface area contributed by atoms with E-state index < -0.39 is 0 Å². The summed E-state index contributed by atoms with van der Waals surface area (Å²) in [4.78, 5) is 4.56. The number of hydrogen-bond acceptors (Lipinski definition) is 3. The SMILES string of the molecule is COc1cccc2c(NC3CCCC(C)(C)C3)nccc12. The fourth-order valence-corrected chi connectivity index (χ4v) is 3.49. The number of fused-ring (bicyclic) bond motifs is 1. The van der Waals surface area contributed by atoms with Gasteiger partial charge in [-0.3, -0.25) is 0 Å². The zero-order valence-corrected chi connectivity index (χ0v) is 13.1. The second kappa shape index (κ2) is 5.55. The molecule has 1 aromatic heterocycles. The molecule has 0 amide bonds. The van der Waals surface area contributed by atoms with E-state index in [-0.39, 0.29) is 0 Å². The van der Waals surface area contributed by atoms with E-state index in [1.165, 1.54) is 25.7 Å². The molecule has 112 valence electrons. The highest BCUT2D eigenvalue weighted by Gasteiger charge is 2.28. The Morgan fingerprint density at radius 3 is 2.86 bits per heavy atom. The first-order valence-corrected chi connectivity index (χ1v) is 7.77. The van der Waals surface area contributed by atoms with Crippen molar-refractivity contribution in [3.8, 4) is 5.75 Å². The Labute approximate surface area is 126 Å². The second-order valence-electron chi connectivity index (χ2n) is 6.82. The van der Waals surface area contributed by atoms with E-state index in [2.05, 4.69) is 30.2 Å². The van der Waals surface area contributed by atoms with Crippen molar-refractivity contribution in [2.75, 3.05) is 12.4 Å². The molecule has 1 fully saturated rings. The van der Waals surface area contributed by atoms with Crippen LogP contribution < -0.4 is 10.1 Å². The number of anilines is 1. The Balaban J connectivity index is 1.91. The lowest BCUT2D eigenvalue weighted by Gasteiger charge is -2.36. The van der Waals surface area contributed by atoms with Crippen LogP contribution in [0.4, 0.5) is 5.82 Å². The summed E-state index contributed by atoms with van der Waals surface area (Å²) in [5.41, 5.74) is 0.429. The lowest BCUT2D eigenvalue weighted by Crippen LogP contribution is -2.32. The van der Waals surface area contributed by atoms with Crippen LogP contribution in [-0.4, -0.2) is 18.1 Å². The van der Waals surface area contributed by atoms with Gasteiger partial charge < -0.3 is 10.1 Å². The lowest BCUT2D eigenvalue weighted by molar-refractivity contribution is 0.229. The van der Waals surface area contributed by atoms with E-state index in [9.17, 15) is 0 Å². The van der Waals surface area contributed by atoms with Crippen molar-refractivity contribution in [3.05, 3.63) is 30.5 Å². The van der Waals surface area contributed by atoms with Gasteiger partial charge in [0.2, 0.25) is 0 Å². The van der Waals surface area contributed by atoms with Gasteiger partial charge in [-0.15, -0.1) is 0 Å². The van der Waals surface area contributed by atoms with Crippen LogP contribution in [0.25, 0.3) is 10.8 Å². The fraction of sp³-hybridized carbons (Fsp3) is 0.500. The van der Waals surface area contributed by atoms with Gasteiger partial charge in [-0.05, 0) is 36.8 Å². The minimum atomic E-state index is 0.429. The van der Waals surface area contributed by atoms with Gasteiger partial charge in [0.25, 0.3) is 0 Å². The van der Waals surface area contributed by atoms with Crippen molar-refractivity contribution in [1.29, 1.82) is 0 Å². The van der Waals surface area contributed by atoms with Crippen LogP contribution in [0.2, 0.25) is 0 Å². The summed E-state index contributed by atoms with van der Waals surface area (Å²) in [7, 11) is 1.71. The summed E-state index contributed by atoms with van der Waals surface area (Å²) in [5, 5.41) is 5.92. The molecule has 1 heterocycles. The zero-order chi connectivity index (χ0) is 14.9. The number of nitrogens with zero attached hydrogens (tertiary/aromatic N) is 1. The van der Waals surface area contributed by atoms with E-state index in [1.54, 1.807) is 7.11 Å². The average Bonchev–Trinajstić information content (AvgIpc) is 2.46. The summed E-state index contributed by atoms with van der Waals surface area (Å²) >= 11 is 0. The molecule has 1 aliphatic rings. The summed E-state index contributed by atoms with van der Waals surface area (Å²) in [6, 6.07) is 8.66. The van der Waals surface area contributed by atoms with Gasteiger partial charge in [0.1, 0.15) is 11.6 Å². The first kappa shape index (κ1) is 14.2. The molecule has 1 unspecified atom stereocenters. The van der Waals surface area contributed by atoms with Crippen LogP contribution in [0.5, 0.6) is 5.75 Å². The third-order valence-electron chi connectivity index (χ3n) is 4.53. The number of benzene rings is 1. The summed E-state index contributed by atoms with van der Waals surface area (Å²) in [5.74, 6) is 1.89. The number of rotatable bonds is 3. The fourth-order valence-electron chi connectivity index (χ4n) is 3.49. The molecule has 0 radical (unpaired) electrons. The van der Waals surface area contributed by atoms with Gasteiger partial charge in [0.15, 0.2) is 0 Å². The normalized spacial score (nSPS) is 21.2. The monoisotopic (exact) mass is 284 g/mol. The molecule has 1 aromatic carbocycles. The van der Waals surface area contributed by atoms with Crippen LogP contribution in [0.1, 0.15) is 39.5 Å². The largest absolute Gasteiger partial charge is 0.496 e. The van der Waals surface area contributed by atoms with Gasteiger partial charge in [-0.1, -0.05) is 32.4 Å². The van der Waals surface area contributed by atoms with Crippen LogP contribution in [0, 0.1) is 5.41 Å². The van der Waals surface area contributed by atoms with E-state index >= 15 is 0 Å². The third kappa shape index (κ3) is 2.97. The predicted molar refractivity (Wildman–Crippen MR) is 88.0 cm³/mol. The first-order valence-electron chi connectivity index (χ1n) is 7.77. The Morgan fingerprint density at radius 2 is 2.10 bits per heavy atom. The predicted octanol–water partition coefficient (Wildman–Crippen LogP) is 4.62. The Bertz CT molecular complexity index is 636. The first-order chi connectivity index (χ1) is 10.1. The molecule has 3 rings (SSSR count). The van der Waals surface area contributed by atoms with Crippen molar-refractivity contribution in [2.45, 2.75) is 45.6 Å². The quantitative estimate of drug-likeness (QED) is 0.892. The number of aromatic nitrogens is 1. The maximum Gasteiger partial charge on any atom is 0.134 e. The minimum absolute atomic E-state index is 0.429. The standard InChI is InChI=1S/C18H24N2O/c1-18(2)10-5-6-13(12-18)20-17-15-7-4-8-16(21-3)14(15)9-11-19-17/h4,7-9,11,13H,5-6,10,12H2,1-3H3,(H,19,20). The van der Waals surface area contributed by atoms with E-state index in [0.29, 0.717) is 11.5 Å². The van der Waals surface area contributed by atoms with Crippen LogP contribution in [0.15, 0.2) is 30.5 Å². The highest BCUT2D eigenvalue weighted by molar-refractivity contribution is 5.95. The lowest BCUT2D eigenvalue weighted by atomic mass is 9.75. The van der Waals surface area contributed by atoms with E-state index in [1.807, 2.05) is 24.4 Å². The van der Waals surface area contributed by atoms with Crippen molar-refractivity contribution < 1.29 is 4.74 Å². The molecule has 3 nitrogen and oxygen atoms in total. The number of pyridine rings is 1. The van der Waals surface area contributed by atoms with E-state index in [4.69, 9.17) is 4.74 Å². The molecule has 2 aromatic rings. The van der Waals surface area contributed by atoms with Crippen molar-refractivity contribution in [1.82, 2.24) is 4.98 Å². The second-order valence-corrected chi connectivity index (χ2v) is 6.82. The van der Waals surface area contributed by atoms with Crippen molar-refractivity contribution in [2.24, 2.45) is 5.41 Å². The van der Waals surface area contributed by atoms with Crippen molar-refractivity contribution >= 4 is 16.6 Å². The molecule has 1 N–H and O–H groups in total. The number of methoxy groups -OCH3 is 1. The van der Waals surface area contributed by atoms with Gasteiger partial charge in [-0.25, -0.2) is 4.98 Å². The highest BCUT2D eigenvalue weighted by Crippen LogP contribution is 2.37. The maximum absolute atomic E-state index is 5.45. The zero-order valence-electron chi connectivity index (χ0n) is 13.1. The summed E-state index contributed by atoms with van der Waals surface area (Å²) in [6.45, 7) is 4.72. The Hall–Kier alpha value is -1.77. The molecule has 1 atom stereocenters. The number of hydrogen-bond donors (Lipinski definition) is 1. The number of ether oxygens (including phenoxy) is 1. The third-order valence-corrected chi connectivity index (χ3v) is 4.53. The smallest absolute Gasteiger partial charge is 0.134 e. The molecule has 0 aliphatic heterocycles. The minimum Gasteiger partial charge on any atom is -0.496 e. The van der Waals surface area contributed by atoms with Gasteiger partial charge in [0, 0.05) is 23.0 Å². The van der Waals surface area contributed by atoms with Crippen LogP contribution in [-0.2, 0) is 0 Å². The van der Waals surface area contributed by atoms with Gasteiger partial charge in [0.05, 0.1) is 7.11 Å². The van der Waals surface area contributed by atoms with Gasteiger partial charge >= 0.3 is 0 Å². The summed E-state index contributed by atoms with van der Waals surface area (Å²) < 4.78 is 5.45. The Morgan fingerprint density at radius 1 is 1.24 bits per heavy atom. The molecular weight excluding hydrogens is 260 g/mol. The Kier molecular flexibility index (Phi) is 3.75. The maximum atomic E-state index is 5.45. The molecular formula is C18H24N2O. The van der Waals surface area contributed by atoms with Crippen LogP contribution in [0.3, 0.4) is 0 Å². The van der Waals surface area contributed by atoms with Crippen LogP contribution >= 0.6 is 0 Å². The molecule has 0 saturated heterocycles. The highest BCUT2D eigenvalue weighted by atomic mass is 16.5. The topological polar surface area (TPSA) is 34.1 Å². The summed E-state index contributed by atoms with van der Waals surface area (Å²) in [6.07, 6.45) is 6.91. The molecule has 0 bridgehead atoms. The van der Waals surface area contributed by atoms with E-state index in [0.717, 1.165) is 22.3 Å². The number of nitrogens with one attached hydrogen (secondary N) is 1. The molecule has 1 saturated carbocycles. The molecule has 1 aliphatic carbocycles. The van der Waals surface area contributed by atoms with Crippen molar-refractivity contribution in [3.63, 3.8) is 0 Å². The molecule has 3 heteroatoms. The molecule has 0 spiro atoms. The average molecular weight is 284 g/mol.